The molecule has 1 atom stereocenters. The van der Waals surface area contributed by atoms with E-state index in [1.165, 1.54) is 0 Å². The lowest BCUT2D eigenvalue weighted by Crippen LogP contribution is -2.45. The van der Waals surface area contributed by atoms with Gasteiger partial charge in [0, 0.05) is 31.5 Å². The van der Waals surface area contributed by atoms with Crippen molar-refractivity contribution in [3.8, 4) is 5.75 Å². The third-order valence-electron chi connectivity index (χ3n) is 3.66. The van der Waals surface area contributed by atoms with Crippen molar-refractivity contribution in [3.63, 3.8) is 0 Å². The minimum atomic E-state index is -0.176. The Morgan fingerprint density at radius 2 is 2.05 bits per heavy atom. The van der Waals surface area contributed by atoms with E-state index in [-0.39, 0.29) is 17.7 Å². The Kier molecular flexibility index (Phi) is 4.35. The van der Waals surface area contributed by atoms with Gasteiger partial charge in [-0.15, -0.1) is 0 Å². The van der Waals surface area contributed by atoms with E-state index in [0.717, 1.165) is 0 Å². The maximum Gasteiger partial charge on any atom is 0.257 e. The Hall–Kier alpha value is -2.24. The van der Waals surface area contributed by atoms with Gasteiger partial charge in [0.05, 0.1) is 23.5 Å². The van der Waals surface area contributed by atoms with Crippen LogP contribution in [0.1, 0.15) is 37.0 Å². The Bertz CT molecular complexity index is 572. The summed E-state index contributed by atoms with van der Waals surface area (Å²) in [6.45, 7) is 4.56. The number of ether oxygens (including phenoxy) is 1. The Labute approximate surface area is 124 Å². The molecule has 0 aliphatic carbocycles. The SMILES string of the molecule is CCOc1cc(N)c(N)cc1C(=O)N1CCC(=O)C[C@H]1C. The maximum atomic E-state index is 12.7. The summed E-state index contributed by atoms with van der Waals surface area (Å²) in [5.74, 6) is 0.442. The van der Waals surface area contributed by atoms with Gasteiger partial charge in [-0.2, -0.15) is 0 Å². The molecule has 1 saturated heterocycles. The molecule has 6 nitrogen and oxygen atoms in total. The van der Waals surface area contributed by atoms with Gasteiger partial charge in [0.2, 0.25) is 0 Å². The molecule has 0 spiro atoms. The minimum Gasteiger partial charge on any atom is -0.493 e. The molecule has 2 rings (SSSR count). The van der Waals surface area contributed by atoms with Crippen molar-refractivity contribution < 1.29 is 14.3 Å². The standard InChI is InChI=1S/C15H21N3O3/c1-3-21-14-8-13(17)12(16)7-11(14)15(20)18-5-4-10(19)6-9(18)2/h7-9H,3-6,16-17H2,1-2H3/t9-/m1/s1. The van der Waals surface area contributed by atoms with Crippen LogP contribution in [-0.4, -0.2) is 35.8 Å². The number of benzene rings is 1. The van der Waals surface area contributed by atoms with Gasteiger partial charge in [0.15, 0.2) is 0 Å². The van der Waals surface area contributed by atoms with Crippen LogP contribution in [-0.2, 0) is 4.79 Å². The van der Waals surface area contributed by atoms with Crippen molar-refractivity contribution >= 4 is 23.1 Å². The molecule has 0 radical (unpaired) electrons. The maximum absolute atomic E-state index is 12.7. The van der Waals surface area contributed by atoms with Gasteiger partial charge in [-0.05, 0) is 19.9 Å². The van der Waals surface area contributed by atoms with Gasteiger partial charge in [0.1, 0.15) is 11.5 Å². The highest BCUT2D eigenvalue weighted by Crippen LogP contribution is 2.30. The molecule has 1 aliphatic heterocycles. The molecule has 1 aliphatic rings. The van der Waals surface area contributed by atoms with E-state index in [1.807, 2.05) is 13.8 Å². The normalized spacial score (nSPS) is 18.7. The smallest absolute Gasteiger partial charge is 0.257 e. The van der Waals surface area contributed by atoms with E-state index in [2.05, 4.69) is 0 Å². The third kappa shape index (κ3) is 3.09. The van der Waals surface area contributed by atoms with Crippen LogP contribution in [0.25, 0.3) is 0 Å². The summed E-state index contributed by atoms with van der Waals surface area (Å²) in [6, 6.07) is 3.00. The number of likely N-dealkylation sites (tertiary alicyclic amines) is 1. The molecule has 4 N–H and O–H groups in total. The van der Waals surface area contributed by atoms with Crippen molar-refractivity contribution in [1.82, 2.24) is 4.90 Å². The van der Waals surface area contributed by atoms with Gasteiger partial charge in [-0.25, -0.2) is 0 Å². The number of carbonyl (C=O) groups is 2. The predicted octanol–water partition coefficient (Wildman–Crippen LogP) is 1.44. The molecule has 1 aromatic rings. The topological polar surface area (TPSA) is 98.7 Å². The summed E-state index contributed by atoms with van der Waals surface area (Å²) in [5, 5.41) is 0. The van der Waals surface area contributed by atoms with Gasteiger partial charge in [-0.1, -0.05) is 0 Å². The summed E-state index contributed by atoms with van der Waals surface area (Å²) in [4.78, 5) is 25.9. The monoisotopic (exact) mass is 291 g/mol. The highest BCUT2D eigenvalue weighted by Gasteiger charge is 2.30. The van der Waals surface area contributed by atoms with Crippen molar-refractivity contribution in [2.45, 2.75) is 32.7 Å². The lowest BCUT2D eigenvalue weighted by Gasteiger charge is -2.33. The van der Waals surface area contributed by atoms with E-state index < -0.39 is 0 Å². The van der Waals surface area contributed by atoms with Crippen LogP contribution in [0.15, 0.2) is 12.1 Å². The number of nitrogens with zero attached hydrogens (tertiary/aromatic N) is 1. The second-order valence-corrected chi connectivity index (χ2v) is 5.25. The highest BCUT2D eigenvalue weighted by molar-refractivity contribution is 6.00. The molecule has 0 unspecified atom stereocenters. The Balaban J connectivity index is 2.33. The van der Waals surface area contributed by atoms with Crippen LogP contribution in [0.4, 0.5) is 11.4 Å². The zero-order chi connectivity index (χ0) is 15.6. The molecule has 21 heavy (non-hydrogen) atoms. The number of Topliss-reactive ketones (excluding diaryl/α,β-unsaturated/α-hetero) is 1. The molecular weight excluding hydrogens is 270 g/mol. The molecule has 1 aromatic carbocycles. The van der Waals surface area contributed by atoms with Crippen LogP contribution in [0.3, 0.4) is 0 Å². The quantitative estimate of drug-likeness (QED) is 0.821. The molecule has 1 amide bonds. The predicted molar refractivity (Wildman–Crippen MR) is 81.2 cm³/mol. The number of hydrogen-bond acceptors (Lipinski definition) is 5. The first kappa shape index (κ1) is 15.2. The summed E-state index contributed by atoms with van der Waals surface area (Å²) in [7, 11) is 0. The van der Waals surface area contributed by atoms with Gasteiger partial charge < -0.3 is 21.1 Å². The fourth-order valence-corrected chi connectivity index (χ4v) is 2.52. The first-order valence-electron chi connectivity index (χ1n) is 7.08. The average Bonchev–Trinajstić information content (AvgIpc) is 2.42. The van der Waals surface area contributed by atoms with E-state index in [9.17, 15) is 9.59 Å². The molecule has 114 valence electrons. The molecule has 0 bridgehead atoms. The average molecular weight is 291 g/mol. The first-order valence-corrected chi connectivity index (χ1v) is 7.08. The Morgan fingerprint density at radius 1 is 1.38 bits per heavy atom. The van der Waals surface area contributed by atoms with E-state index in [0.29, 0.717) is 48.7 Å². The molecule has 6 heteroatoms. The number of ketones is 1. The second kappa shape index (κ2) is 6.03. The Morgan fingerprint density at radius 3 is 2.67 bits per heavy atom. The summed E-state index contributed by atoms with van der Waals surface area (Å²) >= 11 is 0. The number of anilines is 2. The van der Waals surface area contributed by atoms with Gasteiger partial charge in [0.25, 0.3) is 5.91 Å². The zero-order valence-corrected chi connectivity index (χ0v) is 12.4. The van der Waals surface area contributed by atoms with E-state index in [4.69, 9.17) is 16.2 Å². The summed E-state index contributed by atoms with van der Waals surface area (Å²) < 4.78 is 5.49. The largest absolute Gasteiger partial charge is 0.493 e. The van der Waals surface area contributed by atoms with Crippen molar-refractivity contribution in [1.29, 1.82) is 0 Å². The summed E-state index contributed by atoms with van der Waals surface area (Å²) in [5.41, 5.74) is 12.7. The lowest BCUT2D eigenvalue weighted by molar-refractivity contribution is -0.122. The first-order chi connectivity index (χ1) is 9.93. The number of rotatable bonds is 3. The number of hydrogen-bond donors (Lipinski definition) is 2. The number of nitrogens with two attached hydrogens (primary N) is 2. The van der Waals surface area contributed by atoms with Crippen LogP contribution in [0.2, 0.25) is 0 Å². The molecule has 0 aromatic heterocycles. The van der Waals surface area contributed by atoms with Crippen LogP contribution in [0.5, 0.6) is 5.75 Å². The molecule has 1 fully saturated rings. The second-order valence-electron chi connectivity index (χ2n) is 5.25. The minimum absolute atomic E-state index is 0.119. The van der Waals surface area contributed by atoms with Crippen molar-refractivity contribution in [2.24, 2.45) is 0 Å². The van der Waals surface area contributed by atoms with Crippen LogP contribution in [0, 0.1) is 0 Å². The van der Waals surface area contributed by atoms with E-state index in [1.54, 1.807) is 17.0 Å². The zero-order valence-electron chi connectivity index (χ0n) is 12.4. The lowest BCUT2D eigenvalue weighted by atomic mass is 10.0. The summed E-state index contributed by atoms with van der Waals surface area (Å²) in [6.07, 6.45) is 0.782. The third-order valence-corrected chi connectivity index (χ3v) is 3.66. The fraction of sp³-hybridized carbons (Fsp3) is 0.467. The molecule has 1 heterocycles. The fourth-order valence-electron chi connectivity index (χ4n) is 2.52. The van der Waals surface area contributed by atoms with Gasteiger partial charge >= 0.3 is 0 Å². The number of piperidine rings is 1. The van der Waals surface area contributed by atoms with Crippen LogP contribution >= 0.6 is 0 Å². The van der Waals surface area contributed by atoms with E-state index >= 15 is 0 Å². The highest BCUT2D eigenvalue weighted by atomic mass is 16.5. The van der Waals surface area contributed by atoms with Crippen molar-refractivity contribution in [2.75, 3.05) is 24.6 Å². The number of amides is 1. The van der Waals surface area contributed by atoms with Crippen molar-refractivity contribution in [3.05, 3.63) is 17.7 Å². The molecule has 0 saturated carbocycles. The van der Waals surface area contributed by atoms with Gasteiger partial charge in [-0.3, -0.25) is 9.59 Å². The number of nitrogen functional groups attached to an aromatic ring is 2. The van der Waals surface area contributed by atoms with Crippen LogP contribution < -0.4 is 16.2 Å². The molecular formula is C15H21N3O3. The number of carbonyl (C=O) groups excluding carboxylic acids is 2.